The zero-order valence-corrected chi connectivity index (χ0v) is 16.2. The lowest BCUT2D eigenvalue weighted by Crippen LogP contribution is -2.22. The minimum absolute atomic E-state index is 0.135. The van der Waals surface area contributed by atoms with Crippen LogP contribution in [0.25, 0.3) is 0 Å². The molecule has 0 spiro atoms. The summed E-state index contributed by atoms with van der Waals surface area (Å²) in [5.41, 5.74) is 0.959. The quantitative estimate of drug-likeness (QED) is 0.383. The molecular weight excluding hydrogens is 402 g/mol. The Morgan fingerprint density at radius 3 is 2.48 bits per heavy atom. The maximum atomic E-state index is 11.9. The van der Waals surface area contributed by atoms with Gasteiger partial charge in [-0.15, -0.1) is 0 Å². The van der Waals surface area contributed by atoms with Gasteiger partial charge in [0.15, 0.2) is 6.61 Å². The Bertz CT molecular complexity index is 947. The van der Waals surface area contributed by atoms with Crippen LogP contribution in [0.2, 0.25) is 5.02 Å². The lowest BCUT2D eigenvalue weighted by molar-refractivity contribution is -0.385. The number of para-hydroxylation sites is 1. The van der Waals surface area contributed by atoms with Crippen LogP contribution in [0, 0.1) is 17.0 Å². The second-order valence-corrected chi connectivity index (χ2v) is 6.40. The third-order valence-electron chi connectivity index (χ3n) is 3.76. The topological polar surface area (TPSA) is 128 Å². The number of halogens is 1. The van der Waals surface area contributed by atoms with Gasteiger partial charge in [0.05, 0.1) is 22.1 Å². The molecule has 2 amide bonds. The predicted molar refractivity (Wildman–Crippen MR) is 107 cm³/mol. The van der Waals surface area contributed by atoms with Crippen molar-refractivity contribution in [3.63, 3.8) is 0 Å². The maximum absolute atomic E-state index is 11.9. The van der Waals surface area contributed by atoms with Crippen LogP contribution in [0.15, 0.2) is 42.5 Å². The first-order chi connectivity index (χ1) is 13.8. The molecule has 0 bridgehead atoms. The first kappa shape index (κ1) is 21.8. The molecule has 29 heavy (non-hydrogen) atoms. The molecule has 0 aliphatic carbocycles. The van der Waals surface area contributed by atoms with Crippen molar-refractivity contribution in [3.8, 4) is 0 Å². The highest BCUT2D eigenvalue weighted by molar-refractivity contribution is 6.33. The Balaban J connectivity index is 1.75. The smallest absolute Gasteiger partial charge is 0.306 e. The number of aryl methyl sites for hydroxylation is 1. The van der Waals surface area contributed by atoms with E-state index >= 15 is 0 Å². The molecule has 2 N–H and O–H groups in total. The lowest BCUT2D eigenvalue weighted by Gasteiger charge is -2.08. The van der Waals surface area contributed by atoms with Gasteiger partial charge in [0.1, 0.15) is 0 Å². The van der Waals surface area contributed by atoms with E-state index in [1.54, 1.807) is 31.2 Å². The largest absolute Gasteiger partial charge is 0.456 e. The second kappa shape index (κ2) is 10.2. The van der Waals surface area contributed by atoms with Crippen LogP contribution in [0.5, 0.6) is 0 Å². The molecule has 0 aliphatic heterocycles. The number of hydrogen-bond donors (Lipinski definition) is 2. The molecule has 0 aromatic heterocycles. The van der Waals surface area contributed by atoms with Gasteiger partial charge in [-0.1, -0.05) is 29.8 Å². The van der Waals surface area contributed by atoms with E-state index < -0.39 is 29.3 Å². The first-order valence-electron chi connectivity index (χ1n) is 8.51. The number of benzene rings is 2. The summed E-state index contributed by atoms with van der Waals surface area (Å²) in [5, 5.41) is 16.3. The Labute approximate surface area is 171 Å². The van der Waals surface area contributed by atoms with E-state index in [-0.39, 0.29) is 24.2 Å². The molecule has 2 aromatic carbocycles. The molecule has 0 aliphatic rings. The fourth-order valence-corrected chi connectivity index (χ4v) is 2.47. The Kier molecular flexibility index (Phi) is 7.67. The van der Waals surface area contributed by atoms with E-state index in [1.165, 1.54) is 18.2 Å². The van der Waals surface area contributed by atoms with Gasteiger partial charge in [-0.3, -0.25) is 24.5 Å². The van der Waals surface area contributed by atoms with Gasteiger partial charge in [0, 0.05) is 23.7 Å². The minimum atomic E-state index is -0.732. The number of esters is 1. The zero-order valence-electron chi connectivity index (χ0n) is 15.4. The highest BCUT2D eigenvalue weighted by Gasteiger charge is 2.14. The summed E-state index contributed by atoms with van der Waals surface area (Å²) in [5.74, 6) is -1.81. The number of nitrogens with zero attached hydrogens (tertiary/aromatic N) is 1. The van der Waals surface area contributed by atoms with E-state index in [1.807, 2.05) is 0 Å². The summed E-state index contributed by atoms with van der Waals surface area (Å²) in [4.78, 5) is 45.8. The van der Waals surface area contributed by atoms with Crippen molar-refractivity contribution in [1.29, 1.82) is 0 Å². The van der Waals surface area contributed by atoms with Gasteiger partial charge >= 0.3 is 5.97 Å². The average molecular weight is 420 g/mol. The summed E-state index contributed by atoms with van der Waals surface area (Å²) in [6.45, 7) is 1.00. The molecule has 0 fully saturated rings. The highest BCUT2D eigenvalue weighted by atomic mass is 35.5. The molecule has 0 unspecified atom stereocenters. The molecule has 2 aromatic rings. The summed E-state index contributed by atoms with van der Waals surface area (Å²) in [6, 6.07) is 10.9. The summed E-state index contributed by atoms with van der Waals surface area (Å²) in [6.07, 6.45) is -0.366. The number of anilines is 2. The number of nitro benzene ring substituents is 1. The zero-order chi connectivity index (χ0) is 21.4. The highest BCUT2D eigenvalue weighted by Crippen LogP contribution is 2.22. The normalized spacial score (nSPS) is 10.1. The van der Waals surface area contributed by atoms with Crippen LogP contribution in [-0.2, 0) is 19.1 Å². The summed E-state index contributed by atoms with van der Waals surface area (Å²) < 4.78 is 4.81. The third kappa shape index (κ3) is 6.89. The molecule has 152 valence electrons. The standard InChI is InChI=1S/C19H18ClN3O6/c1-12-6-7-13(10-16(12)23(27)28)21-18(25)11-29-19(26)9-8-17(24)22-15-5-3-2-4-14(15)20/h2-7,10H,8-9,11H2,1H3,(H,21,25)(H,22,24). The number of nitrogens with one attached hydrogen (secondary N) is 2. The van der Waals surface area contributed by atoms with Gasteiger partial charge in [0.2, 0.25) is 5.91 Å². The number of amides is 2. The summed E-state index contributed by atoms with van der Waals surface area (Å²) in [7, 11) is 0. The number of ether oxygens (including phenoxy) is 1. The number of nitro groups is 1. The number of rotatable bonds is 8. The SMILES string of the molecule is Cc1ccc(NC(=O)COC(=O)CCC(=O)Nc2ccccc2Cl)cc1[N+](=O)[O-]. The van der Waals surface area contributed by atoms with E-state index in [9.17, 15) is 24.5 Å². The van der Waals surface area contributed by atoms with Crippen molar-refractivity contribution >= 4 is 46.4 Å². The Morgan fingerprint density at radius 1 is 1.07 bits per heavy atom. The first-order valence-corrected chi connectivity index (χ1v) is 8.89. The van der Waals surface area contributed by atoms with Crippen molar-refractivity contribution in [2.75, 3.05) is 17.2 Å². The lowest BCUT2D eigenvalue weighted by atomic mass is 10.2. The van der Waals surface area contributed by atoms with Gasteiger partial charge in [0.25, 0.3) is 11.6 Å². The van der Waals surface area contributed by atoms with Crippen LogP contribution in [0.4, 0.5) is 17.1 Å². The Morgan fingerprint density at radius 2 is 1.79 bits per heavy atom. The van der Waals surface area contributed by atoms with Crippen LogP contribution >= 0.6 is 11.6 Å². The van der Waals surface area contributed by atoms with E-state index in [4.69, 9.17) is 16.3 Å². The molecule has 0 radical (unpaired) electrons. The third-order valence-corrected chi connectivity index (χ3v) is 4.09. The number of hydrogen-bond acceptors (Lipinski definition) is 6. The second-order valence-electron chi connectivity index (χ2n) is 6.00. The fourth-order valence-electron chi connectivity index (χ4n) is 2.29. The number of carbonyl (C=O) groups is 3. The molecular formula is C19H18ClN3O6. The predicted octanol–water partition coefficient (Wildman–Crippen LogP) is 3.46. The maximum Gasteiger partial charge on any atom is 0.306 e. The van der Waals surface area contributed by atoms with Gasteiger partial charge in [-0.2, -0.15) is 0 Å². The van der Waals surface area contributed by atoms with Crippen molar-refractivity contribution in [2.24, 2.45) is 0 Å². The van der Waals surface area contributed by atoms with E-state index in [0.717, 1.165) is 0 Å². The average Bonchev–Trinajstić information content (AvgIpc) is 2.68. The van der Waals surface area contributed by atoms with E-state index in [2.05, 4.69) is 10.6 Å². The number of carbonyl (C=O) groups excluding carboxylic acids is 3. The van der Waals surface area contributed by atoms with Crippen LogP contribution in [-0.4, -0.2) is 29.3 Å². The van der Waals surface area contributed by atoms with Gasteiger partial charge < -0.3 is 15.4 Å². The monoisotopic (exact) mass is 419 g/mol. The fraction of sp³-hybridized carbons (Fsp3) is 0.211. The Hall–Kier alpha value is -3.46. The summed E-state index contributed by atoms with van der Waals surface area (Å²) >= 11 is 5.93. The minimum Gasteiger partial charge on any atom is -0.456 e. The molecule has 2 rings (SSSR count). The van der Waals surface area contributed by atoms with Crippen LogP contribution < -0.4 is 10.6 Å². The van der Waals surface area contributed by atoms with Crippen LogP contribution in [0.1, 0.15) is 18.4 Å². The molecule has 10 heteroatoms. The molecule has 0 saturated heterocycles. The van der Waals surface area contributed by atoms with Crippen molar-refractivity contribution < 1.29 is 24.0 Å². The van der Waals surface area contributed by atoms with Crippen molar-refractivity contribution in [3.05, 3.63) is 63.2 Å². The molecule has 0 heterocycles. The molecule has 0 atom stereocenters. The van der Waals surface area contributed by atoms with Crippen molar-refractivity contribution in [2.45, 2.75) is 19.8 Å². The van der Waals surface area contributed by atoms with Crippen molar-refractivity contribution in [1.82, 2.24) is 0 Å². The van der Waals surface area contributed by atoms with Gasteiger partial charge in [-0.05, 0) is 25.1 Å². The van der Waals surface area contributed by atoms with Crippen LogP contribution in [0.3, 0.4) is 0 Å². The molecule has 9 nitrogen and oxygen atoms in total. The van der Waals surface area contributed by atoms with Gasteiger partial charge in [-0.25, -0.2) is 0 Å². The van der Waals surface area contributed by atoms with E-state index in [0.29, 0.717) is 16.3 Å². The molecule has 0 saturated carbocycles.